The molecule has 0 radical (unpaired) electrons. The summed E-state index contributed by atoms with van der Waals surface area (Å²) in [6, 6.07) is 8.23. The summed E-state index contributed by atoms with van der Waals surface area (Å²) in [5.74, 6) is 2.32. The van der Waals surface area contributed by atoms with Crippen LogP contribution in [0, 0.1) is 5.92 Å². The van der Waals surface area contributed by atoms with Crippen LogP contribution in [0.3, 0.4) is 0 Å². The highest BCUT2D eigenvalue weighted by Gasteiger charge is 2.38. The molecule has 4 heterocycles. The third-order valence-corrected chi connectivity index (χ3v) is 9.35. The van der Waals surface area contributed by atoms with E-state index in [2.05, 4.69) is 58.4 Å². The van der Waals surface area contributed by atoms with Crippen LogP contribution in [0.5, 0.6) is 0 Å². The Kier molecular flexibility index (Phi) is 9.14. The number of hydrogen-bond donors (Lipinski definition) is 2. The van der Waals surface area contributed by atoms with E-state index in [0.717, 1.165) is 16.5 Å². The molecule has 2 aliphatic rings. The molecule has 0 unspecified atom stereocenters. The largest absolute Gasteiger partial charge is 0.374 e. The van der Waals surface area contributed by atoms with E-state index in [0.29, 0.717) is 56.2 Å². The summed E-state index contributed by atoms with van der Waals surface area (Å²) in [5.41, 5.74) is 2.27. The highest BCUT2D eigenvalue weighted by atomic mass is 32.2. The van der Waals surface area contributed by atoms with Crippen LogP contribution in [-0.4, -0.2) is 93.5 Å². The van der Waals surface area contributed by atoms with Crippen molar-refractivity contribution in [3.05, 3.63) is 42.2 Å². The molecule has 12 heteroatoms. The van der Waals surface area contributed by atoms with Gasteiger partial charge in [0.25, 0.3) is 0 Å². The van der Waals surface area contributed by atoms with E-state index in [9.17, 15) is 12.8 Å². The maximum atomic E-state index is 14.8. The molecule has 0 spiro atoms. The Hall–Kier alpha value is -3.09. The minimum Gasteiger partial charge on any atom is -0.374 e. The number of likely N-dealkylation sites (N-methyl/N-ethyl adjacent to an activating group) is 1. The number of anilines is 4. The minimum atomic E-state index is -3.03. The van der Waals surface area contributed by atoms with Crippen molar-refractivity contribution >= 4 is 43.9 Å². The summed E-state index contributed by atoms with van der Waals surface area (Å²) in [5, 5.41) is 8.46. The maximum Gasteiger partial charge on any atom is 0.227 e. The number of benzene rings is 1. The lowest BCUT2D eigenvalue weighted by Crippen LogP contribution is -2.57. The van der Waals surface area contributed by atoms with E-state index in [1.54, 1.807) is 12.3 Å². The number of pyridine rings is 1. The second-order valence-corrected chi connectivity index (χ2v) is 14.0. The molecule has 0 aliphatic carbocycles. The van der Waals surface area contributed by atoms with Gasteiger partial charge in [-0.2, -0.15) is 4.98 Å². The summed E-state index contributed by atoms with van der Waals surface area (Å²) in [4.78, 5) is 17.9. The van der Waals surface area contributed by atoms with Crippen molar-refractivity contribution in [3.63, 3.8) is 0 Å². The number of hydrogen-bond acceptors (Lipinski definition) is 10. The van der Waals surface area contributed by atoms with Crippen molar-refractivity contribution in [1.29, 1.82) is 0 Å². The molecule has 0 amide bonds. The van der Waals surface area contributed by atoms with Gasteiger partial charge in [0.15, 0.2) is 0 Å². The summed E-state index contributed by atoms with van der Waals surface area (Å²) in [7, 11) is -1.18. The molecular formula is C30H46FN7O3S. The van der Waals surface area contributed by atoms with Crippen molar-refractivity contribution in [2.24, 2.45) is 5.92 Å². The van der Waals surface area contributed by atoms with E-state index in [1.165, 1.54) is 11.8 Å². The van der Waals surface area contributed by atoms with E-state index in [-0.39, 0.29) is 27.1 Å². The Morgan fingerprint density at radius 2 is 1.98 bits per heavy atom. The van der Waals surface area contributed by atoms with Crippen LogP contribution in [0.4, 0.5) is 27.7 Å². The number of aromatic nitrogens is 3. The standard InChI is InChI=1S/C30H42FN7O3S.2H2/c1-19(2)22-6-7-26(38-16-21(20(38)3)18-42(5,39)40)24-15-34-29(14-23(22)24)35-28-8-10-33-30(36-28)37-12-9-27(25(31)17-37)41-13-11-32-4;;/h6-8,10,14-15,19-21,25,27,32H,9,11-13,16-18H2,1-5H3,(H,33,34,35,36);2*1H/t20-,21-,25+,27-;;/m1../s1. The van der Waals surface area contributed by atoms with Gasteiger partial charge in [0, 0.05) is 64.2 Å². The number of nitrogens with zero attached hydrogens (tertiary/aromatic N) is 5. The van der Waals surface area contributed by atoms with Crippen molar-refractivity contribution in [2.75, 3.05) is 67.0 Å². The SMILES string of the molecule is CNCCO[C@@H]1CCN(c2nccc(Nc3cc4c(C(C)C)ccc(N5C[C@H](CS(C)(=O)=O)[C@H]5C)c4cn3)n2)C[C@@H]1F.[HH].[HH]. The minimum absolute atomic E-state index is 0. The van der Waals surface area contributed by atoms with Crippen LogP contribution in [-0.2, 0) is 14.6 Å². The van der Waals surface area contributed by atoms with Gasteiger partial charge in [0.1, 0.15) is 27.6 Å². The number of rotatable bonds is 11. The molecule has 3 aromatic rings. The predicted molar refractivity (Wildman–Crippen MR) is 171 cm³/mol. The molecule has 42 heavy (non-hydrogen) atoms. The van der Waals surface area contributed by atoms with Crippen molar-refractivity contribution in [1.82, 2.24) is 20.3 Å². The summed E-state index contributed by atoms with van der Waals surface area (Å²) in [6.45, 7) is 9.09. The Morgan fingerprint density at radius 1 is 1.17 bits per heavy atom. The zero-order chi connectivity index (χ0) is 30.0. The van der Waals surface area contributed by atoms with Gasteiger partial charge in [0.2, 0.25) is 5.95 Å². The fourth-order valence-electron chi connectivity index (χ4n) is 5.92. The molecule has 5 rings (SSSR count). The van der Waals surface area contributed by atoms with Crippen LogP contribution < -0.4 is 20.4 Å². The Balaban J connectivity index is 0.00000264. The Labute approximate surface area is 251 Å². The zero-order valence-corrected chi connectivity index (χ0v) is 25.9. The third-order valence-electron chi connectivity index (χ3n) is 8.31. The highest BCUT2D eigenvalue weighted by molar-refractivity contribution is 7.90. The van der Waals surface area contributed by atoms with Gasteiger partial charge in [-0.05, 0) is 55.5 Å². The second kappa shape index (κ2) is 12.6. The number of alkyl halides is 1. The molecule has 2 fully saturated rings. The summed E-state index contributed by atoms with van der Waals surface area (Å²) in [6.07, 6.45) is 3.90. The first-order chi connectivity index (χ1) is 20.0. The van der Waals surface area contributed by atoms with Crippen molar-refractivity contribution < 1.29 is 20.4 Å². The lowest BCUT2D eigenvalue weighted by Gasteiger charge is -2.48. The molecule has 0 saturated carbocycles. The van der Waals surface area contributed by atoms with Gasteiger partial charge in [-0.3, -0.25) is 0 Å². The first-order valence-electron chi connectivity index (χ1n) is 14.7. The number of halogens is 1. The highest BCUT2D eigenvalue weighted by Crippen LogP contribution is 2.39. The van der Waals surface area contributed by atoms with Gasteiger partial charge in [-0.15, -0.1) is 0 Å². The molecule has 4 atom stereocenters. The average molecular weight is 604 g/mol. The number of fused-ring (bicyclic) bond motifs is 1. The molecule has 10 nitrogen and oxygen atoms in total. The van der Waals surface area contributed by atoms with Gasteiger partial charge in [-0.25, -0.2) is 22.8 Å². The molecule has 2 saturated heterocycles. The van der Waals surface area contributed by atoms with Crippen LogP contribution in [0.15, 0.2) is 36.7 Å². The van der Waals surface area contributed by atoms with Crippen molar-refractivity contribution in [3.8, 4) is 0 Å². The second-order valence-electron chi connectivity index (χ2n) is 11.8. The van der Waals surface area contributed by atoms with Crippen LogP contribution in [0.25, 0.3) is 10.8 Å². The third kappa shape index (κ3) is 6.76. The van der Waals surface area contributed by atoms with E-state index >= 15 is 0 Å². The number of sulfone groups is 1. The lowest BCUT2D eigenvalue weighted by atomic mass is 9.88. The summed E-state index contributed by atoms with van der Waals surface area (Å²) >= 11 is 0. The van der Waals surface area contributed by atoms with E-state index in [1.807, 2.05) is 24.2 Å². The fourth-order valence-corrected chi connectivity index (χ4v) is 7.08. The van der Waals surface area contributed by atoms with Crippen LogP contribution in [0.1, 0.15) is 41.5 Å². The molecule has 2 aromatic heterocycles. The fraction of sp³-hybridized carbons (Fsp3) is 0.567. The van der Waals surface area contributed by atoms with Gasteiger partial charge in [0.05, 0.1) is 25.0 Å². The normalized spacial score (nSPS) is 22.9. The van der Waals surface area contributed by atoms with Gasteiger partial charge >= 0.3 is 0 Å². The first kappa shape index (κ1) is 30.4. The number of nitrogens with one attached hydrogen (secondary N) is 2. The number of piperidine rings is 1. The smallest absolute Gasteiger partial charge is 0.227 e. The molecular weight excluding hydrogens is 557 g/mol. The van der Waals surface area contributed by atoms with Crippen LogP contribution in [0.2, 0.25) is 0 Å². The lowest BCUT2D eigenvalue weighted by molar-refractivity contribution is -0.0109. The Bertz CT molecular complexity index is 1520. The molecule has 232 valence electrons. The van der Waals surface area contributed by atoms with Crippen molar-refractivity contribution in [2.45, 2.75) is 51.4 Å². The van der Waals surface area contributed by atoms with Crippen LogP contribution >= 0.6 is 0 Å². The first-order valence-corrected chi connectivity index (χ1v) is 16.7. The molecule has 2 aliphatic heterocycles. The van der Waals surface area contributed by atoms with E-state index < -0.39 is 22.1 Å². The summed E-state index contributed by atoms with van der Waals surface area (Å²) < 4.78 is 44.3. The van der Waals surface area contributed by atoms with Gasteiger partial charge in [-0.1, -0.05) is 19.9 Å². The predicted octanol–water partition coefficient (Wildman–Crippen LogP) is 4.41. The quantitative estimate of drug-likeness (QED) is 0.306. The molecule has 1 aromatic carbocycles. The molecule has 0 bridgehead atoms. The van der Waals surface area contributed by atoms with E-state index in [4.69, 9.17) is 9.72 Å². The number of ether oxygens (including phenoxy) is 1. The maximum absolute atomic E-state index is 14.8. The average Bonchev–Trinajstić information content (AvgIpc) is 2.95. The molecule has 2 N–H and O–H groups in total. The Morgan fingerprint density at radius 3 is 2.67 bits per heavy atom. The zero-order valence-electron chi connectivity index (χ0n) is 25.0. The van der Waals surface area contributed by atoms with Gasteiger partial charge < -0.3 is 25.2 Å². The monoisotopic (exact) mass is 603 g/mol. The topological polar surface area (TPSA) is 113 Å².